The number of thiol groups is 1. The van der Waals surface area contributed by atoms with Gasteiger partial charge in [0.2, 0.25) is 0 Å². The van der Waals surface area contributed by atoms with Gasteiger partial charge in [0, 0.05) is 60.7 Å². The molecule has 10 aromatic rings. The van der Waals surface area contributed by atoms with E-state index in [1.54, 1.807) is 47.2 Å². The molecule has 0 unspecified atom stereocenters. The summed E-state index contributed by atoms with van der Waals surface area (Å²) in [5, 5.41) is 17.5. The van der Waals surface area contributed by atoms with Crippen molar-refractivity contribution in [1.82, 2.24) is 24.6 Å². The van der Waals surface area contributed by atoms with Crippen molar-refractivity contribution in [3.05, 3.63) is 251 Å². The predicted octanol–water partition coefficient (Wildman–Crippen LogP) is 17.7. The number of nitrogens with zero attached hydrogens (tertiary/aromatic N) is 6. The molecule has 0 bridgehead atoms. The second-order valence-electron chi connectivity index (χ2n) is 23.9. The average molecular weight is 1560 g/mol. The number of phenolic OH excluding ortho intramolecular Hbond substituents is 1. The number of nitrogens with two attached hydrogens (primary N) is 2. The van der Waals surface area contributed by atoms with Crippen LogP contribution in [0.15, 0.2) is 187 Å². The third-order valence-corrected chi connectivity index (χ3v) is 15.5. The number of Topliss-reactive ketones (excluding diaryl/α,β-unsaturated/α-hetero) is 3. The van der Waals surface area contributed by atoms with Gasteiger partial charge in [0.15, 0.2) is 92.7 Å². The van der Waals surface area contributed by atoms with E-state index < -0.39 is 75.1 Å². The Bertz CT molecular complexity index is 4710. The number of hydrogen-bond donors (Lipinski definition) is 4. The van der Waals surface area contributed by atoms with E-state index in [1.807, 2.05) is 27.0 Å². The minimum absolute atomic E-state index is 0.0316. The van der Waals surface area contributed by atoms with Crippen molar-refractivity contribution < 1.29 is 87.5 Å². The number of nitrogen functional groups attached to an aromatic ring is 1. The number of carbonyl (C=O) groups excluding carboxylic acids is 5. The molecule has 4 heterocycles. The summed E-state index contributed by atoms with van der Waals surface area (Å²) in [7, 11) is 4.34. The number of para-hydroxylation sites is 4. The van der Waals surface area contributed by atoms with Gasteiger partial charge in [-0.25, -0.2) is 44.3 Å². The number of likely N-dealkylation sites (tertiary alicyclic amines) is 2. The van der Waals surface area contributed by atoms with E-state index in [-0.39, 0.29) is 75.6 Å². The topological polar surface area (TPSA) is 244 Å². The van der Waals surface area contributed by atoms with Gasteiger partial charge in [-0.05, 0) is 199 Å². The Balaban J connectivity index is 0.000000214. The SMILES string of the molecule is CC#CC(=O)N1CC[C@@H](n2cc(-c3ccc(Oc4c(F)cccc4F)cc3)c3c(N)nncc32)C1.CC(=O)c1ccc(F)cc1.CC(=O)c1ccc(Oc2c(F)cccc2F)cc1.CC(C)(C)OC(=O)N1CC[C@@H](N)C1.O=C(CBr)c1ccc(Oc2c(F)cccc2F)cc1.Oc1c(F)cccc1F.[B]=NS. The Morgan fingerprint density at radius 2 is 1.02 bits per heavy atom. The van der Waals surface area contributed by atoms with Crippen LogP contribution in [0.5, 0.6) is 40.2 Å². The van der Waals surface area contributed by atoms with Crippen LogP contribution in [0.4, 0.5) is 50.1 Å². The van der Waals surface area contributed by atoms with E-state index in [0.717, 1.165) is 89.9 Å². The number of aromatic hydroxyl groups is 1. The Morgan fingerprint density at radius 3 is 1.40 bits per heavy atom. The van der Waals surface area contributed by atoms with E-state index in [1.165, 1.54) is 111 Å². The molecule has 12 rings (SSSR count). The molecule has 2 fully saturated rings. The summed E-state index contributed by atoms with van der Waals surface area (Å²) >= 11 is 6.25. The molecule has 2 amide bonds. The number of rotatable bonds is 12. The fourth-order valence-electron chi connectivity index (χ4n) is 9.79. The van der Waals surface area contributed by atoms with Gasteiger partial charge in [0.05, 0.1) is 28.5 Å². The van der Waals surface area contributed by atoms with Crippen LogP contribution in [0.1, 0.15) is 91.5 Å². The molecule has 30 heteroatoms. The normalized spacial score (nSPS) is 13.1. The summed E-state index contributed by atoms with van der Waals surface area (Å²) in [6.07, 6.45) is 5.02. The second-order valence-corrected chi connectivity index (χ2v) is 24.7. The van der Waals surface area contributed by atoms with Crippen molar-refractivity contribution in [3.63, 3.8) is 0 Å². The van der Waals surface area contributed by atoms with Crippen LogP contribution in [0.3, 0.4) is 0 Å². The number of hydrogen-bond acceptors (Lipinski definition) is 16. The zero-order chi connectivity index (χ0) is 78.7. The van der Waals surface area contributed by atoms with E-state index >= 15 is 0 Å². The Kier molecular flexibility index (Phi) is 32.3. The first-order valence-corrected chi connectivity index (χ1v) is 33.7. The molecule has 557 valence electrons. The molecule has 2 saturated heterocycles. The number of halogens is 10. The fraction of sp³-hybridized carbons (Fsp3) is 0.208. The van der Waals surface area contributed by atoms with Crippen LogP contribution in [-0.4, -0.2) is 110 Å². The summed E-state index contributed by atoms with van der Waals surface area (Å²) in [6, 6.07) is 38.3. The molecule has 5 N–H and O–H groups in total. The number of anilines is 1. The van der Waals surface area contributed by atoms with Crippen molar-refractivity contribution >= 4 is 82.5 Å². The molecule has 0 aliphatic carbocycles. The summed E-state index contributed by atoms with van der Waals surface area (Å²) < 4.78 is 143. The van der Waals surface area contributed by atoms with Crippen LogP contribution in [-0.2, 0) is 9.53 Å². The summed E-state index contributed by atoms with van der Waals surface area (Å²) in [5.41, 5.74) is 15.5. The van der Waals surface area contributed by atoms with Crippen molar-refractivity contribution in [2.24, 2.45) is 10.0 Å². The number of ether oxygens (including phenoxy) is 4. The molecule has 0 saturated carbocycles. The van der Waals surface area contributed by atoms with Crippen LogP contribution in [0.2, 0.25) is 0 Å². The molecular formula is C77H70BBrF9N8O10S. The Morgan fingerprint density at radius 1 is 0.617 bits per heavy atom. The Labute approximate surface area is 625 Å². The van der Waals surface area contributed by atoms with Crippen LogP contribution < -0.4 is 25.7 Å². The van der Waals surface area contributed by atoms with Crippen molar-refractivity contribution in [3.8, 4) is 63.2 Å². The molecule has 2 aliphatic rings. The fourth-order valence-corrected chi connectivity index (χ4v) is 10.1. The number of aromatic nitrogens is 3. The van der Waals surface area contributed by atoms with Gasteiger partial charge in [0.25, 0.3) is 5.91 Å². The van der Waals surface area contributed by atoms with Crippen LogP contribution in [0, 0.1) is 64.2 Å². The third-order valence-electron chi connectivity index (χ3n) is 15.0. The predicted molar refractivity (Wildman–Crippen MR) is 393 cm³/mol. The summed E-state index contributed by atoms with van der Waals surface area (Å²) in [5.74, 6) is -3.17. The number of amides is 2. The quantitative estimate of drug-likeness (QED) is 0.0222. The van der Waals surface area contributed by atoms with Gasteiger partial charge in [-0.15, -0.1) is 5.10 Å². The van der Waals surface area contributed by atoms with E-state index in [4.69, 9.17) is 35.5 Å². The molecule has 2 aliphatic heterocycles. The zero-order valence-electron chi connectivity index (χ0n) is 58.2. The number of carbonyl (C=O) groups is 5. The number of fused-ring (bicyclic) bond motifs is 1. The van der Waals surface area contributed by atoms with Gasteiger partial charge in [0.1, 0.15) is 28.7 Å². The molecule has 0 spiro atoms. The van der Waals surface area contributed by atoms with Gasteiger partial charge in [-0.3, -0.25) is 19.2 Å². The first-order valence-electron chi connectivity index (χ1n) is 32.1. The molecule has 1 radical (unpaired) electrons. The first-order chi connectivity index (χ1) is 50.9. The van der Waals surface area contributed by atoms with Crippen LogP contribution in [0.25, 0.3) is 22.0 Å². The number of alkyl halides is 1. The molecular weight excluding hydrogens is 1490 g/mol. The average Bonchev–Trinajstić information content (AvgIpc) is 1.61. The van der Waals surface area contributed by atoms with E-state index in [9.17, 15) is 63.5 Å². The van der Waals surface area contributed by atoms with Gasteiger partial charge >= 0.3 is 30.8 Å². The van der Waals surface area contributed by atoms with E-state index in [0.29, 0.717) is 36.3 Å². The molecule has 2 aromatic heterocycles. The van der Waals surface area contributed by atoms with Gasteiger partial charge in [-0.1, -0.05) is 58.2 Å². The maximum absolute atomic E-state index is 13.9. The number of phenols is 1. The van der Waals surface area contributed by atoms with E-state index in [2.05, 4.69) is 67.3 Å². The zero-order valence-corrected chi connectivity index (χ0v) is 60.7. The summed E-state index contributed by atoms with van der Waals surface area (Å²) in [6.45, 7) is 12.6. The standard InChI is InChI=1S/C26H21F2N5O2.C14H9BrF2O2.C14H10F2O2.C9H18N2O2.C8H7FO.C6H4F2O.BHNS/c1-2-4-23(34)32-12-11-17(14-32)33-15-19(24-22(33)13-30-31-26(24)29)16-7-9-18(10-8-16)35-25-20(27)5-3-6-21(25)28;15-8-13(18)9-4-6-10(7-5-9)19-14-11(16)2-1-3-12(14)17;1-9(17)10-5-7-11(8-6-10)18-14-12(15)3-2-4-13(14)16;1-9(2,3)13-8(12)11-5-4-7(10)6-11;1-6(10)7-2-4-8(9)5-3-7;7-4-2-1-3-5(8)6(4)9;1-2-3/h3,5-10,13,15,17H,11-12,14H2,1H3,(H2,29,31);1-7H,8H2;2-8H,1H3;7H,4-6,10H2,1-3H3;2-5H,1H3;1-3,9H;3H/t17-;;;7-;;;/m1..1.../s1. The minimum atomic E-state index is -0.935. The Hall–Kier alpha value is -11.3. The van der Waals surface area contributed by atoms with Crippen molar-refractivity contribution in [2.45, 2.75) is 72.1 Å². The monoisotopic (exact) mass is 1560 g/mol. The molecule has 8 aromatic carbocycles. The number of ketones is 3. The number of benzene rings is 8. The van der Waals surface area contributed by atoms with Gasteiger partial charge in [-0.2, -0.15) is 5.10 Å². The second kappa shape index (κ2) is 40.8. The third kappa shape index (κ3) is 25.5. The maximum atomic E-state index is 13.9. The summed E-state index contributed by atoms with van der Waals surface area (Å²) in [4.78, 5) is 60.1. The molecule has 2 atom stereocenters. The molecule has 107 heavy (non-hydrogen) atoms. The van der Waals surface area contributed by atoms with Crippen molar-refractivity contribution in [2.75, 3.05) is 37.2 Å². The van der Waals surface area contributed by atoms with Crippen LogP contribution >= 0.6 is 28.7 Å². The van der Waals surface area contributed by atoms with Gasteiger partial charge < -0.3 is 49.9 Å². The first kappa shape index (κ1) is 84.7. The van der Waals surface area contributed by atoms with Crippen molar-refractivity contribution in [1.29, 1.82) is 0 Å². The molecule has 18 nitrogen and oxygen atoms in total.